The first kappa shape index (κ1) is 34.5. The molecular formula is C52H34N6. The maximum atomic E-state index is 5.01. The van der Waals surface area contributed by atoms with Crippen molar-refractivity contribution in [3.05, 3.63) is 207 Å². The van der Waals surface area contributed by atoms with Crippen molar-refractivity contribution >= 4 is 10.8 Å². The Kier molecular flexibility index (Phi) is 9.10. The van der Waals surface area contributed by atoms with Crippen LogP contribution in [0.3, 0.4) is 0 Å². The molecule has 6 nitrogen and oxygen atoms in total. The predicted molar refractivity (Wildman–Crippen MR) is 234 cm³/mol. The number of hydrogen-bond donors (Lipinski definition) is 0. The zero-order valence-corrected chi connectivity index (χ0v) is 31.3. The van der Waals surface area contributed by atoms with Gasteiger partial charge in [-0.1, -0.05) is 140 Å². The Morgan fingerprint density at radius 2 is 0.724 bits per heavy atom. The van der Waals surface area contributed by atoms with E-state index in [2.05, 4.69) is 94.9 Å². The summed E-state index contributed by atoms with van der Waals surface area (Å²) in [7, 11) is 0. The van der Waals surface area contributed by atoms with Crippen LogP contribution in [-0.2, 0) is 0 Å². The smallest absolute Gasteiger partial charge is 0.160 e. The van der Waals surface area contributed by atoms with Crippen LogP contribution in [0.15, 0.2) is 207 Å². The number of fused-ring (bicyclic) bond motifs is 1. The highest BCUT2D eigenvalue weighted by molar-refractivity contribution is 5.99. The second-order valence-corrected chi connectivity index (χ2v) is 14.0. The molecule has 4 aromatic heterocycles. The number of hydrogen-bond acceptors (Lipinski definition) is 6. The lowest BCUT2D eigenvalue weighted by atomic mass is 9.94. The first-order chi connectivity index (χ1) is 28.7. The summed E-state index contributed by atoms with van der Waals surface area (Å²) in [6.45, 7) is 0. The van der Waals surface area contributed by atoms with Gasteiger partial charge in [0.2, 0.25) is 0 Å². The lowest BCUT2D eigenvalue weighted by molar-refractivity contribution is 1.18. The molecule has 0 bridgehead atoms. The van der Waals surface area contributed by atoms with Gasteiger partial charge in [-0.25, -0.2) is 19.9 Å². The molecule has 0 aliphatic heterocycles. The first-order valence-electron chi connectivity index (χ1n) is 19.2. The molecule has 0 N–H and O–H groups in total. The van der Waals surface area contributed by atoms with E-state index in [4.69, 9.17) is 19.9 Å². The number of nitrogens with zero attached hydrogens (tertiary/aromatic N) is 6. The molecule has 0 unspecified atom stereocenters. The summed E-state index contributed by atoms with van der Waals surface area (Å²) >= 11 is 0. The van der Waals surface area contributed by atoms with Crippen molar-refractivity contribution in [3.8, 4) is 90.1 Å². The third kappa shape index (κ3) is 7.02. The number of rotatable bonds is 8. The minimum Gasteiger partial charge on any atom is -0.264 e. The van der Waals surface area contributed by atoms with Crippen LogP contribution in [0.2, 0.25) is 0 Å². The quantitative estimate of drug-likeness (QED) is 0.154. The Labute approximate surface area is 336 Å². The topological polar surface area (TPSA) is 77.3 Å². The van der Waals surface area contributed by atoms with Crippen molar-refractivity contribution in [2.45, 2.75) is 0 Å². The zero-order chi connectivity index (χ0) is 38.7. The summed E-state index contributed by atoms with van der Waals surface area (Å²) in [5.41, 5.74) is 13.9. The normalized spacial score (nSPS) is 11.1. The van der Waals surface area contributed by atoms with Crippen LogP contribution in [0.5, 0.6) is 0 Å². The fraction of sp³-hybridized carbons (Fsp3) is 0. The van der Waals surface area contributed by atoms with Crippen molar-refractivity contribution in [2.24, 2.45) is 0 Å². The molecule has 10 rings (SSSR count). The molecule has 0 atom stereocenters. The van der Waals surface area contributed by atoms with Crippen LogP contribution in [-0.4, -0.2) is 29.9 Å². The van der Waals surface area contributed by atoms with Crippen LogP contribution in [0.1, 0.15) is 0 Å². The second kappa shape index (κ2) is 15.3. The maximum absolute atomic E-state index is 5.01. The Bertz CT molecular complexity index is 2890. The third-order valence-electron chi connectivity index (χ3n) is 10.3. The van der Waals surface area contributed by atoms with Crippen molar-refractivity contribution in [2.75, 3.05) is 0 Å². The third-order valence-corrected chi connectivity index (χ3v) is 10.3. The van der Waals surface area contributed by atoms with Gasteiger partial charge in [0.15, 0.2) is 11.6 Å². The minimum atomic E-state index is 0.682. The molecule has 0 fully saturated rings. The Hall–Kier alpha value is -7.96. The lowest BCUT2D eigenvalue weighted by Crippen LogP contribution is -1.96. The number of pyridine rings is 2. The molecule has 0 aliphatic rings. The van der Waals surface area contributed by atoms with Gasteiger partial charge >= 0.3 is 0 Å². The minimum absolute atomic E-state index is 0.682. The van der Waals surface area contributed by atoms with Gasteiger partial charge in [-0.15, -0.1) is 0 Å². The zero-order valence-electron chi connectivity index (χ0n) is 31.3. The van der Waals surface area contributed by atoms with Gasteiger partial charge in [-0.05, 0) is 75.5 Å². The maximum Gasteiger partial charge on any atom is 0.160 e. The van der Waals surface area contributed by atoms with E-state index in [9.17, 15) is 0 Å². The highest BCUT2D eigenvalue weighted by Crippen LogP contribution is 2.35. The standard InChI is InChI=1S/C52H34N6/c1-3-10-39(11-4-1)51-55-47(31-49(57-51)43-15-8-28-53-33-43)37-22-18-35(19-23-37)41-26-27-46-42(30-41)14-7-17-45(46)36-20-24-38(25-21-36)48-32-50(44-16-9-29-54-34-44)58-52(56-48)40-12-5-2-6-13-40/h1-34H. The van der Waals surface area contributed by atoms with E-state index < -0.39 is 0 Å². The van der Waals surface area contributed by atoms with E-state index in [0.717, 1.165) is 72.8 Å². The van der Waals surface area contributed by atoms with Crippen LogP contribution >= 0.6 is 0 Å². The molecule has 6 heteroatoms. The van der Waals surface area contributed by atoms with Crippen molar-refractivity contribution in [1.29, 1.82) is 0 Å². The fourth-order valence-corrected chi connectivity index (χ4v) is 7.32. The van der Waals surface area contributed by atoms with E-state index in [1.807, 2.05) is 109 Å². The van der Waals surface area contributed by atoms with Gasteiger partial charge in [-0.3, -0.25) is 9.97 Å². The summed E-state index contributed by atoms with van der Waals surface area (Å²) in [5.74, 6) is 1.36. The van der Waals surface area contributed by atoms with E-state index in [-0.39, 0.29) is 0 Å². The summed E-state index contributed by atoms with van der Waals surface area (Å²) in [6.07, 6.45) is 7.23. The predicted octanol–water partition coefficient (Wildman–Crippen LogP) is 12.5. The van der Waals surface area contributed by atoms with E-state index in [1.54, 1.807) is 12.4 Å². The summed E-state index contributed by atoms with van der Waals surface area (Å²) in [6, 6.07) is 62.7. The number of aromatic nitrogens is 6. The average Bonchev–Trinajstić information content (AvgIpc) is 3.32. The van der Waals surface area contributed by atoms with Gasteiger partial charge in [0.25, 0.3) is 0 Å². The van der Waals surface area contributed by atoms with Crippen molar-refractivity contribution in [3.63, 3.8) is 0 Å². The summed E-state index contributed by atoms with van der Waals surface area (Å²) in [5, 5.41) is 2.37. The monoisotopic (exact) mass is 742 g/mol. The highest BCUT2D eigenvalue weighted by Gasteiger charge is 2.14. The average molecular weight is 743 g/mol. The van der Waals surface area contributed by atoms with Gasteiger partial charge in [-0.2, -0.15) is 0 Å². The van der Waals surface area contributed by atoms with Gasteiger partial charge in [0.1, 0.15) is 0 Å². The SMILES string of the molecule is c1ccc(-c2nc(-c3ccc(-c4ccc5c(-c6ccc(-c7cc(-c8cccnc8)nc(-c8ccccc8)n7)cc6)cccc5c4)cc3)cc(-c3cccnc3)n2)cc1. The largest absolute Gasteiger partial charge is 0.264 e. The summed E-state index contributed by atoms with van der Waals surface area (Å²) < 4.78 is 0. The molecule has 6 aromatic carbocycles. The Balaban J connectivity index is 0.947. The first-order valence-corrected chi connectivity index (χ1v) is 19.2. The molecule has 58 heavy (non-hydrogen) atoms. The molecule has 0 spiro atoms. The van der Waals surface area contributed by atoms with Crippen molar-refractivity contribution in [1.82, 2.24) is 29.9 Å². The Morgan fingerprint density at radius 3 is 1.22 bits per heavy atom. The van der Waals surface area contributed by atoms with Gasteiger partial charge in [0.05, 0.1) is 22.8 Å². The Morgan fingerprint density at radius 1 is 0.276 bits per heavy atom. The molecular weight excluding hydrogens is 709 g/mol. The molecule has 4 heterocycles. The van der Waals surface area contributed by atoms with Crippen molar-refractivity contribution < 1.29 is 0 Å². The van der Waals surface area contributed by atoms with E-state index >= 15 is 0 Å². The summed E-state index contributed by atoms with van der Waals surface area (Å²) in [4.78, 5) is 28.5. The second-order valence-electron chi connectivity index (χ2n) is 14.0. The van der Waals surface area contributed by atoms with Crippen LogP contribution in [0.4, 0.5) is 0 Å². The highest BCUT2D eigenvalue weighted by atomic mass is 14.9. The lowest BCUT2D eigenvalue weighted by Gasteiger charge is -2.12. The molecule has 0 radical (unpaired) electrons. The van der Waals surface area contributed by atoms with Crippen LogP contribution < -0.4 is 0 Å². The molecule has 0 amide bonds. The van der Waals surface area contributed by atoms with Crippen LogP contribution in [0.25, 0.3) is 101 Å². The molecule has 10 aromatic rings. The molecule has 0 saturated carbocycles. The molecule has 0 saturated heterocycles. The number of benzene rings is 6. The van der Waals surface area contributed by atoms with E-state index in [0.29, 0.717) is 11.6 Å². The molecule has 0 aliphatic carbocycles. The van der Waals surface area contributed by atoms with Crippen LogP contribution in [0, 0.1) is 0 Å². The van der Waals surface area contributed by atoms with Gasteiger partial charge in [0, 0.05) is 58.2 Å². The van der Waals surface area contributed by atoms with E-state index in [1.165, 1.54) is 16.3 Å². The van der Waals surface area contributed by atoms with Gasteiger partial charge < -0.3 is 0 Å². The molecule has 272 valence electrons. The fourth-order valence-electron chi connectivity index (χ4n) is 7.32.